The predicted octanol–water partition coefficient (Wildman–Crippen LogP) is 1.40. The van der Waals surface area contributed by atoms with Gasteiger partial charge >= 0.3 is 6.18 Å². The van der Waals surface area contributed by atoms with Crippen molar-refractivity contribution in [2.75, 3.05) is 19.6 Å². The molecule has 5 heteroatoms. The summed E-state index contributed by atoms with van der Waals surface area (Å²) in [4.78, 5) is 1.67. The topological polar surface area (TPSA) is 23.5 Å². The molecule has 1 fully saturated rings. The van der Waals surface area contributed by atoms with Gasteiger partial charge in [0.25, 0.3) is 0 Å². The van der Waals surface area contributed by atoms with E-state index in [1.807, 2.05) is 0 Å². The second-order valence-corrected chi connectivity index (χ2v) is 3.42. The van der Waals surface area contributed by atoms with Gasteiger partial charge in [-0.15, -0.1) is 0 Å². The number of alkyl halides is 3. The molecule has 1 N–H and O–H groups in total. The highest BCUT2D eigenvalue weighted by molar-refractivity contribution is 4.73. The molecule has 1 aliphatic heterocycles. The molecule has 0 saturated carbocycles. The van der Waals surface area contributed by atoms with Crippen LogP contribution in [0.15, 0.2) is 0 Å². The molecule has 0 radical (unpaired) electrons. The van der Waals surface area contributed by atoms with Crippen molar-refractivity contribution in [1.82, 2.24) is 4.90 Å². The summed E-state index contributed by atoms with van der Waals surface area (Å²) < 4.78 is 35.8. The molecule has 0 unspecified atom stereocenters. The fraction of sp³-hybridized carbons (Fsp3) is 1.00. The van der Waals surface area contributed by atoms with Crippen LogP contribution in [0.1, 0.15) is 19.3 Å². The second kappa shape index (κ2) is 4.28. The first-order chi connectivity index (χ1) is 6.00. The molecular formula is C8H14F3NO. The summed E-state index contributed by atoms with van der Waals surface area (Å²) in [6, 6.07) is 0. The molecule has 0 spiro atoms. The number of β-amino-alcohol motifs (C(OH)–C–C–N with tert-alkyl or cyclic N) is 1. The number of nitrogens with zero attached hydrogens (tertiary/aromatic N) is 1. The highest BCUT2D eigenvalue weighted by atomic mass is 19.4. The Balaban J connectivity index is 2.30. The van der Waals surface area contributed by atoms with E-state index in [1.54, 1.807) is 4.90 Å². The van der Waals surface area contributed by atoms with Crippen molar-refractivity contribution in [3.8, 4) is 0 Å². The van der Waals surface area contributed by atoms with Crippen molar-refractivity contribution in [3.05, 3.63) is 0 Å². The summed E-state index contributed by atoms with van der Waals surface area (Å²) in [5.41, 5.74) is 0. The van der Waals surface area contributed by atoms with Crippen LogP contribution in [0.3, 0.4) is 0 Å². The number of rotatable bonds is 2. The maximum Gasteiger partial charge on any atom is 0.415 e. The zero-order chi connectivity index (χ0) is 9.90. The minimum absolute atomic E-state index is 0.274. The van der Waals surface area contributed by atoms with Gasteiger partial charge in [-0.2, -0.15) is 13.2 Å². The van der Waals surface area contributed by atoms with Crippen LogP contribution >= 0.6 is 0 Å². The van der Waals surface area contributed by atoms with E-state index in [0.29, 0.717) is 13.1 Å². The minimum atomic E-state index is -4.47. The number of aliphatic hydroxyl groups is 1. The average molecular weight is 197 g/mol. The molecule has 1 saturated heterocycles. The molecule has 0 aliphatic carbocycles. The molecule has 0 amide bonds. The summed E-state index contributed by atoms with van der Waals surface area (Å²) in [7, 11) is 0. The van der Waals surface area contributed by atoms with E-state index < -0.39 is 12.3 Å². The normalized spacial score (nSPS) is 23.1. The van der Waals surface area contributed by atoms with Gasteiger partial charge in [0.1, 0.15) is 0 Å². The van der Waals surface area contributed by atoms with E-state index >= 15 is 0 Å². The molecule has 1 atom stereocenters. The fourth-order valence-electron chi connectivity index (χ4n) is 1.49. The molecule has 0 bridgehead atoms. The number of hydrogen-bond donors (Lipinski definition) is 1. The van der Waals surface area contributed by atoms with E-state index in [0.717, 1.165) is 19.3 Å². The standard InChI is InChI=1S/C8H14F3NO/c9-8(10,11)7(13)6-12-4-2-1-3-5-12/h7,13H,1-6H2/t7-/m0/s1. The Morgan fingerprint density at radius 1 is 1.15 bits per heavy atom. The monoisotopic (exact) mass is 197 g/mol. The molecule has 1 rings (SSSR count). The smallest absolute Gasteiger partial charge is 0.382 e. The molecule has 13 heavy (non-hydrogen) atoms. The van der Waals surface area contributed by atoms with Gasteiger partial charge in [-0.3, -0.25) is 0 Å². The van der Waals surface area contributed by atoms with Crippen LogP contribution in [0.2, 0.25) is 0 Å². The summed E-state index contributed by atoms with van der Waals surface area (Å²) in [5, 5.41) is 8.77. The summed E-state index contributed by atoms with van der Waals surface area (Å²) in [6.07, 6.45) is -3.71. The third-order valence-electron chi connectivity index (χ3n) is 2.26. The number of likely N-dealkylation sites (tertiary alicyclic amines) is 1. The maximum absolute atomic E-state index is 11.9. The summed E-state index contributed by atoms with van der Waals surface area (Å²) in [5.74, 6) is 0. The zero-order valence-electron chi connectivity index (χ0n) is 7.35. The van der Waals surface area contributed by atoms with Gasteiger partial charge in [-0.05, 0) is 25.9 Å². The highest BCUT2D eigenvalue weighted by Crippen LogP contribution is 2.21. The number of hydrogen-bond acceptors (Lipinski definition) is 2. The Kier molecular flexibility index (Phi) is 3.55. The fourth-order valence-corrected chi connectivity index (χ4v) is 1.49. The average Bonchev–Trinajstić information content (AvgIpc) is 2.04. The first kappa shape index (κ1) is 10.8. The third-order valence-corrected chi connectivity index (χ3v) is 2.26. The van der Waals surface area contributed by atoms with Gasteiger partial charge in [0.15, 0.2) is 6.10 Å². The molecule has 0 aromatic rings. The Labute approximate surface area is 75.3 Å². The van der Waals surface area contributed by atoms with Crippen molar-refractivity contribution < 1.29 is 18.3 Å². The Bertz CT molecular complexity index is 154. The zero-order valence-corrected chi connectivity index (χ0v) is 7.35. The van der Waals surface area contributed by atoms with E-state index in [4.69, 9.17) is 5.11 Å². The van der Waals surface area contributed by atoms with Crippen molar-refractivity contribution in [2.24, 2.45) is 0 Å². The van der Waals surface area contributed by atoms with Crippen molar-refractivity contribution in [3.63, 3.8) is 0 Å². The number of halogens is 3. The van der Waals surface area contributed by atoms with Crippen molar-refractivity contribution >= 4 is 0 Å². The first-order valence-electron chi connectivity index (χ1n) is 4.47. The van der Waals surface area contributed by atoms with Crippen LogP contribution < -0.4 is 0 Å². The van der Waals surface area contributed by atoms with Crippen LogP contribution in [0.5, 0.6) is 0 Å². The van der Waals surface area contributed by atoms with Gasteiger partial charge in [0.05, 0.1) is 0 Å². The van der Waals surface area contributed by atoms with Crippen LogP contribution in [-0.4, -0.2) is 41.9 Å². The second-order valence-electron chi connectivity index (χ2n) is 3.42. The number of piperidine rings is 1. The van der Waals surface area contributed by atoms with Gasteiger partial charge in [0.2, 0.25) is 0 Å². The van der Waals surface area contributed by atoms with Gasteiger partial charge in [-0.1, -0.05) is 6.42 Å². The van der Waals surface area contributed by atoms with E-state index in [9.17, 15) is 13.2 Å². The quantitative estimate of drug-likeness (QED) is 0.723. The summed E-state index contributed by atoms with van der Waals surface area (Å²) in [6.45, 7) is 1.07. The maximum atomic E-state index is 11.9. The molecule has 78 valence electrons. The SMILES string of the molecule is O[C@@H](CN1CCCCC1)C(F)(F)F. The van der Waals surface area contributed by atoms with E-state index in [2.05, 4.69) is 0 Å². The molecule has 0 aromatic heterocycles. The molecule has 0 aromatic carbocycles. The van der Waals surface area contributed by atoms with Gasteiger partial charge in [-0.25, -0.2) is 0 Å². The van der Waals surface area contributed by atoms with Crippen LogP contribution in [0, 0.1) is 0 Å². The predicted molar refractivity (Wildman–Crippen MR) is 42.4 cm³/mol. The van der Waals surface area contributed by atoms with Crippen LogP contribution in [0.25, 0.3) is 0 Å². The Hall–Kier alpha value is -0.290. The van der Waals surface area contributed by atoms with Crippen LogP contribution in [-0.2, 0) is 0 Å². The molecule has 1 heterocycles. The van der Waals surface area contributed by atoms with Gasteiger partial charge < -0.3 is 10.0 Å². The highest BCUT2D eigenvalue weighted by Gasteiger charge is 2.39. The first-order valence-corrected chi connectivity index (χ1v) is 4.47. The Morgan fingerprint density at radius 3 is 2.15 bits per heavy atom. The molecule has 2 nitrogen and oxygen atoms in total. The lowest BCUT2D eigenvalue weighted by Crippen LogP contribution is -2.42. The lowest BCUT2D eigenvalue weighted by Gasteiger charge is -2.29. The van der Waals surface area contributed by atoms with E-state index in [-0.39, 0.29) is 6.54 Å². The van der Waals surface area contributed by atoms with Crippen LogP contribution in [0.4, 0.5) is 13.2 Å². The third kappa shape index (κ3) is 3.52. The summed E-state index contributed by atoms with van der Waals surface area (Å²) >= 11 is 0. The lowest BCUT2D eigenvalue weighted by atomic mass is 10.1. The molecular weight excluding hydrogens is 183 g/mol. The van der Waals surface area contributed by atoms with Crippen molar-refractivity contribution in [1.29, 1.82) is 0 Å². The largest absolute Gasteiger partial charge is 0.415 e. The van der Waals surface area contributed by atoms with Gasteiger partial charge in [0, 0.05) is 6.54 Å². The van der Waals surface area contributed by atoms with E-state index in [1.165, 1.54) is 0 Å². The lowest BCUT2D eigenvalue weighted by molar-refractivity contribution is -0.208. The minimum Gasteiger partial charge on any atom is -0.382 e. The van der Waals surface area contributed by atoms with Crippen molar-refractivity contribution in [2.45, 2.75) is 31.5 Å². The molecule has 1 aliphatic rings. The number of aliphatic hydroxyl groups excluding tert-OH is 1. The Morgan fingerprint density at radius 2 is 1.69 bits per heavy atom.